The van der Waals surface area contributed by atoms with E-state index >= 15 is 0 Å². The third kappa shape index (κ3) is 4.00. The maximum Gasteiger partial charge on any atom is 0.229 e. The highest BCUT2D eigenvalue weighted by Crippen LogP contribution is 2.75. The van der Waals surface area contributed by atoms with Crippen LogP contribution in [0, 0.1) is 50.2 Å². The second-order valence-electron chi connectivity index (χ2n) is 17.1. The summed E-state index contributed by atoms with van der Waals surface area (Å²) < 4.78 is 1.78. The molecule has 0 saturated heterocycles. The lowest BCUT2D eigenvalue weighted by atomic mass is 9.33. The van der Waals surface area contributed by atoms with E-state index in [1.54, 1.807) is 4.68 Å². The van der Waals surface area contributed by atoms with Gasteiger partial charge in [-0.25, -0.2) is 0 Å². The number of allylic oxidation sites excluding steroid dienone is 2. The summed E-state index contributed by atoms with van der Waals surface area (Å²) >= 11 is 0. The molecule has 7 nitrogen and oxygen atoms in total. The zero-order valence-corrected chi connectivity index (χ0v) is 27.5. The highest BCUT2D eigenvalue weighted by Gasteiger charge is 2.71. The van der Waals surface area contributed by atoms with Gasteiger partial charge in [0, 0.05) is 6.54 Å². The molecule has 1 amide bonds. The largest absolute Gasteiger partial charge is 0.393 e. The number of aliphatic hydroxyl groups is 2. The number of fused-ring (bicyclic) bond motifs is 7. The Morgan fingerprint density at radius 3 is 2.40 bits per heavy atom. The highest BCUT2D eigenvalue weighted by atomic mass is 16.3. The van der Waals surface area contributed by atoms with Crippen molar-refractivity contribution in [1.29, 1.82) is 0 Å². The van der Waals surface area contributed by atoms with Crippen LogP contribution >= 0.6 is 0 Å². The van der Waals surface area contributed by atoms with Crippen LogP contribution in [0.4, 0.5) is 0 Å². The van der Waals surface area contributed by atoms with E-state index in [2.05, 4.69) is 70.2 Å². The number of carbonyl (C=O) groups excluding carboxylic acids is 1. The van der Waals surface area contributed by atoms with Crippen LogP contribution in [-0.2, 0) is 17.9 Å². The number of nitrogens with zero attached hydrogens (tertiary/aromatic N) is 3. The molecule has 0 aromatic carbocycles. The Morgan fingerprint density at radius 1 is 0.976 bits per heavy atom. The molecule has 4 saturated carbocycles. The lowest BCUT2D eigenvalue weighted by Gasteiger charge is -2.71. The first-order valence-corrected chi connectivity index (χ1v) is 16.8. The summed E-state index contributed by atoms with van der Waals surface area (Å²) in [5.74, 6) is 0.989. The van der Waals surface area contributed by atoms with Crippen LogP contribution in [-0.4, -0.2) is 43.3 Å². The number of nitrogens with one attached hydrogen (secondary N) is 1. The Hall–Kier alpha value is -1.73. The van der Waals surface area contributed by atoms with Gasteiger partial charge >= 0.3 is 0 Å². The van der Waals surface area contributed by atoms with Crippen LogP contribution in [0.5, 0.6) is 0 Å². The van der Waals surface area contributed by atoms with Crippen LogP contribution in [0.1, 0.15) is 119 Å². The van der Waals surface area contributed by atoms with Gasteiger partial charge in [0.1, 0.15) is 5.69 Å². The molecule has 1 aromatic rings. The van der Waals surface area contributed by atoms with Gasteiger partial charge in [-0.2, -0.15) is 0 Å². The van der Waals surface area contributed by atoms with Crippen LogP contribution < -0.4 is 5.32 Å². The number of aromatic nitrogens is 3. The number of hydrogen-bond acceptors (Lipinski definition) is 5. The summed E-state index contributed by atoms with van der Waals surface area (Å²) in [4.78, 5) is 14.3. The van der Waals surface area contributed by atoms with Crippen LogP contribution in [0.2, 0.25) is 0 Å². The average molecular weight is 581 g/mol. The molecule has 0 radical (unpaired) electrons. The topological polar surface area (TPSA) is 100 Å². The summed E-state index contributed by atoms with van der Waals surface area (Å²) in [6, 6.07) is 0. The quantitative estimate of drug-likeness (QED) is 0.377. The van der Waals surface area contributed by atoms with Gasteiger partial charge in [0.2, 0.25) is 5.91 Å². The molecular weight excluding hydrogens is 524 g/mol. The minimum atomic E-state index is -0.817. The molecule has 3 N–H and O–H groups in total. The van der Waals surface area contributed by atoms with Crippen molar-refractivity contribution in [2.45, 2.75) is 138 Å². The lowest BCUT2D eigenvalue weighted by Crippen LogP contribution is -2.68. The van der Waals surface area contributed by atoms with Gasteiger partial charge in [-0.05, 0) is 110 Å². The van der Waals surface area contributed by atoms with Crippen LogP contribution in [0.3, 0.4) is 0 Å². The lowest BCUT2D eigenvalue weighted by molar-refractivity contribution is -0.215. The Labute approximate surface area is 253 Å². The summed E-state index contributed by atoms with van der Waals surface area (Å²) in [5.41, 5.74) is 1.42. The molecule has 7 heteroatoms. The van der Waals surface area contributed by atoms with E-state index in [9.17, 15) is 15.0 Å². The maximum absolute atomic E-state index is 14.3. The molecular formula is C35H56N4O3. The monoisotopic (exact) mass is 580 g/mol. The predicted molar refractivity (Wildman–Crippen MR) is 164 cm³/mol. The smallest absolute Gasteiger partial charge is 0.229 e. The second kappa shape index (κ2) is 9.63. The molecule has 4 fully saturated rings. The molecule has 9 atom stereocenters. The minimum Gasteiger partial charge on any atom is -0.393 e. The fraction of sp³-hybridized carbons (Fsp3) is 0.857. The van der Waals surface area contributed by atoms with Gasteiger partial charge in [-0.15, -0.1) is 5.10 Å². The van der Waals surface area contributed by atoms with E-state index in [4.69, 9.17) is 0 Å². The number of aliphatic hydroxyl groups excluding tert-OH is 2. The molecule has 42 heavy (non-hydrogen) atoms. The zero-order valence-electron chi connectivity index (χ0n) is 27.5. The van der Waals surface area contributed by atoms with Crippen molar-refractivity contribution in [3.05, 3.63) is 23.5 Å². The number of aryl methyl sites for hydroxylation is 1. The van der Waals surface area contributed by atoms with Crippen molar-refractivity contribution in [3.63, 3.8) is 0 Å². The number of rotatable bonds is 4. The van der Waals surface area contributed by atoms with E-state index in [0.717, 1.165) is 57.2 Å². The first-order valence-electron chi connectivity index (χ1n) is 16.8. The summed E-state index contributed by atoms with van der Waals surface area (Å²) in [6.07, 6.45) is 11.9. The van der Waals surface area contributed by atoms with Crippen LogP contribution in [0.25, 0.3) is 0 Å². The molecule has 234 valence electrons. The maximum atomic E-state index is 14.3. The standard InChI is InChI=1S/C35H56N4O3/c1-9-39-21-22(37-38-39)20-36-29(42)35-17-16-30(2,3)18-24(35)23-10-11-26-32(6)14-13-27(40)31(4,5)25(32)12-15-33(26,7)34(23,8)19-28(35)41/h10,21,24-28,40-41H,9,11-20H2,1-8H3,(H,36,42)/t24?,25?,26?,27-,28+,32-,33+,34+,35+/m0/s1. The molecule has 5 aliphatic carbocycles. The normalized spacial score (nSPS) is 45.5. The molecule has 0 bridgehead atoms. The SMILES string of the molecule is CCn1cc(CNC(=O)[C@]23CCC(C)(C)CC2C2=CCC4[C@@]5(C)CC[C@H](O)C(C)(C)C5CC[C@@]4(C)[C@]2(C)C[C@H]3O)nn1. The van der Waals surface area contributed by atoms with E-state index < -0.39 is 11.5 Å². The first kappa shape index (κ1) is 30.3. The molecule has 0 aliphatic heterocycles. The number of carbonyl (C=O) groups is 1. The van der Waals surface area contributed by atoms with E-state index in [1.807, 2.05) is 13.1 Å². The Bertz CT molecular complexity index is 1270. The number of hydrogen-bond donors (Lipinski definition) is 3. The van der Waals surface area contributed by atoms with Crippen molar-refractivity contribution >= 4 is 5.91 Å². The third-order valence-corrected chi connectivity index (χ3v) is 14.4. The van der Waals surface area contributed by atoms with E-state index in [0.29, 0.717) is 31.2 Å². The summed E-state index contributed by atoms with van der Waals surface area (Å²) in [6.45, 7) is 19.8. The Balaban J connectivity index is 1.38. The van der Waals surface area contributed by atoms with Gasteiger partial charge in [0.25, 0.3) is 0 Å². The second-order valence-corrected chi connectivity index (χ2v) is 17.1. The molecule has 1 aromatic heterocycles. The van der Waals surface area contributed by atoms with Crippen LogP contribution in [0.15, 0.2) is 17.8 Å². The summed E-state index contributed by atoms with van der Waals surface area (Å²) in [5, 5.41) is 34.9. The molecule has 0 spiro atoms. The van der Waals surface area contributed by atoms with Crippen molar-refractivity contribution in [1.82, 2.24) is 20.3 Å². The summed E-state index contributed by atoms with van der Waals surface area (Å²) in [7, 11) is 0. The van der Waals surface area contributed by atoms with E-state index in [1.165, 1.54) is 5.57 Å². The average Bonchev–Trinajstić information content (AvgIpc) is 3.38. The minimum absolute atomic E-state index is 0.0181. The molecule has 3 unspecified atom stereocenters. The van der Waals surface area contributed by atoms with Gasteiger partial charge < -0.3 is 15.5 Å². The fourth-order valence-corrected chi connectivity index (χ4v) is 11.7. The first-order chi connectivity index (χ1) is 19.5. The number of amides is 1. The van der Waals surface area contributed by atoms with Crippen molar-refractivity contribution in [3.8, 4) is 0 Å². The van der Waals surface area contributed by atoms with Gasteiger partial charge in [0.15, 0.2) is 0 Å². The van der Waals surface area contributed by atoms with Crippen molar-refractivity contribution in [2.75, 3.05) is 0 Å². The molecule has 6 rings (SSSR count). The fourth-order valence-electron chi connectivity index (χ4n) is 11.7. The Kier molecular flexibility index (Phi) is 6.95. The highest BCUT2D eigenvalue weighted by molar-refractivity contribution is 5.85. The van der Waals surface area contributed by atoms with Gasteiger partial charge in [-0.1, -0.05) is 65.3 Å². The van der Waals surface area contributed by atoms with Gasteiger partial charge in [0.05, 0.1) is 30.4 Å². The Morgan fingerprint density at radius 2 is 1.71 bits per heavy atom. The van der Waals surface area contributed by atoms with Crippen molar-refractivity contribution < 1.29 is 15.0 Å². The predicted octanol–water partition coefficient (Wildman–Crippen LogP) is 6.05. The zero-order chi connectivity index (χ0) is 30.5. The third-order valence-electron chi connectivity index (χ3n) is 14.4. The van der Waals surface area contributed by atoms with E-state index in [-0.39, 0.29) is 45.0 Å². The van der Waals surface area contributed by atoms with Crippen molar-refractivity contribution in [2.24, 2.45) is 50.2 Å². The molecule has 5 aliphatic rings. The molecule has 1 heterocycles. The van der Waals surface area contributed by atoms with Gasteiger partial charge in [-0.3, -0.25) is 9.48 Å².